The third-order valence-electron chi connectivity index (χ3n) is 12.3. The monoisotopic (exact) mass is 681 g/mol. The first-order chi connectivity index (χ1) is 25.8. The molecule has 0 spiro atoms. The first-order valence-electron chi connectivity index (χ1n) is 19.1. The van der Waals surface area contributed by atoms with E-state index in [1.54, 1.807) is 0 Å². The van der Waals surface area contributed by atoms with E-state index in [9.17, 15) is 0 Å². The molecule has 0 radical (unpaired) electrons. The van der Waals surface area contributed by atoms with E-state index in [-0.39, 0.29) is 10.8 Å². The summed E-state index contributed by atoms with van der Waals surface area (Å²) >= 11 is 0. The normalized spacial score (nSPS) is 15.4. The molecule has 3 aliphatic rings. The number of rotatable bonds is 5. The minimum Gasteiger partial charge on any atom is -0.314 e. The van der Waals surface area contributed by atoms with Crippen LogP contribution in [0.25, 0.3) is 50.6 Å². The van der Waals surface area contributed by atoms with Gasteiger partial charge in [0, 0.05) is 27.9 Å². The Morgan fingerprint density at radius 2 is 0.981 bits per heavy atom. The molecule has 0 N–H and O–H groups in total. The van der Waals surface area contributed by atoms with Crippen LogP contribution < -0.4 is 4.90 Å². The van der Waals surface area contributed by atoms with Crippen molar-refractivity contribution in [1.82, 2.24) is 0 Å². The molecule has 0 unspecified atom stereocenters. The Morgan fingerprint density at radius 3 is 1.64 bits per heavy atom. The van der Waals surface area contributed by atoms with Crippen LogP contribution >= 0.6 is 0 Å². The van der Waals surface area contributed by atoms with E-state index in [2.05, 4.69) is 196 Å². The molecule has 0 aromatic heterocycles. The van der Waals surface area contributed by atoms with E-state index in [0.717, 1.165) is 12.8 Å². The zero-order valence-electron chi connectivity index (χ0n) is 30.9. The molecule has 0 atom stereocenters. The zero-order chi connectivity index (χ0) is 35.9. The lowest BCUT2D eigenvalue weighted by Gasteiger charge is -2.34. The average Bonchev–Trinajstić information content (AvgIpc) is 3.58. The van der Waals surface area contributed by atoms with Crippen molar-refractivity contribution in [3.8, 4) is 44.5 Å². The molecular weight excluding hydrogens is 639 g/mol. The minimum absolute atomic E-state index is 0.0484. The Morgan fingerprint density at radius 1 is 0.415 bits per heavy atom. The van der Waals surface area contributed by atoms with Crippen LogP contribution in [0, 0.1) is 0 Å². The fraction of sp³-hybridized carbons (Fsp3) is 0.154. The van der Waals surface area contributed by atoms with Gasteiger partial charge in [-0.2, -0.15) is 0 Å². The van der Waals surface area contributed by atoms with Crippen LogP contribution in [-0.2, 0) is 17.3 Å². The maximum atomic E-state index is 2.57. The molecule has 0 aliphatic heterocycles. The van der Waals surface area contributed by atoms with Crippen LogP contribution in [0.4, 0.5) is 11.4 Å². The van der Waals surface area contributed by atoms with Crippen LogP contribution in [-0.4, -0.2) is 0 Å². The van der Waals surface area contributed by atoms with Crippen molar-refractivity contribution >= 4 is 17.5 Å². The second-order valence-electron chi connectivity index (χ2n) is 16.1. The Balaban J connectivity index is 1.22. The number of fused-ring (bicyclic) bond motifs is 8. The number of allylic oxidation sites excluding steroid dienone is 1. The fourth-order valence-corrected chi connectivity index (χ4v) is 9.68. The van der Waals surface area contributed by atoms with Gasteiger partial charge in [0.05, 0.1) is 0 Å². The highest BCUT2D eigenvalue weighted by Gasteiger charge is 2.39. The Labute approximate surface area is 313 Å². The van der Waals surface area contributed by atoms with Gasteiger partial charge in [0.2, 0.25) is 0 Å². The maximum Gasteiger partial charge on any atom is 0.0470 e. The van der Waals surface area contributed by atoms with Crippen molar-refractivity contribution in [2.75, 3.05) is 4.90 Å². The average molecular weight is 682 g/mol. The highest BCUT2D eigenvalue weighted by atomic mass is 15.1. The Bertz CT molecular complexity index is 2550. The molecule has 1 nitrogen and oxygen atoms in total. The summed E-state index contributed by atoms with van der Waals surface area (Å²) in [4.78, 5) is 2.57. The number of benzene rings is 7. The second kappa shape index (κ2) is 11.8. The first-order valence-corrected chi connectivity index (χ1v) is 19.1. The third-order valence-corrected chi connectivity index (χ3v) is 12.3. The highest BCUT2D eigenvalue weighted by molar-refractivity contribution is 5.90. The summed E-state index contributed by atoms with van der Waals surface area (Å²) in [6.07, 6.45) is 4.49. The Hall–Kier alpha value is -5.92. The summed E-state index contributed by atoms with van der Waals surface area (Å²) in [5.41, 5.74) is 22.4. The van der Waals surface area contributed by atoms with E-state index < -0.39 is 0 Å². The van der Waals surface area contributed by atoms with Crippen LogP contribution in [0.1, 0.15) is 67.5 Å². The van der Waals surface area contributed by atoms with Gasteiger partial charge in [0.25, 0.3) is 0 Å². The SMILES string of the molecule is CC1(C)c2ccccc2-c2cc(N(C3=Cc4c(ccc5c4C(C)(C)c4ccccc4-5)CC3)c3cc(-c4ccccc4)cc(-c4ccccc4)c3)ccc21. The Kier molecular flexibility index (Phi) is 7.08. The van der Waals surface area contributed by atoms with E-state index >= 15 is 0 Å². The quantitative estimate of drug-likeness (QED) is 0.175. The van der Waals surface area contributed by atoms with Gasteiger partial charge in [-0.05, 0) is 127 Å². The fourth-order valence-electron chi connectivity index (χ4n) is 9.68. The lowest BCUT2D eigenvalue weighted by Crippen LogP contribution is -2.22. The van der Waals surface area contributed by atoms with Crippen LogP contribution in [0.5, 0.6) is 0 Å². The van der Waals surface area contributed by atoms with Gasteiger partial charge < -0.3 is 4.90 Å². The number of hydrogen-bond acceptors (Lipinski definition) is 1. The summed E-state index contributed by atoms with van der Waals surface area (Å²) in [6, 6.07) is 58.8. The molecule has 0 heterocycles. The predicted molar refractivity (Wildman–Crippen MR) is 224 cm³/mol. The number of nitrogens with zero attached hydrogens (tertiary/aromatic N) is 1. The number of anilines is 2. The van der Waals surface area contributed by atoms with Crippen LogP contribution in [0.2, 0.25) is 0 Å². The largest absolute Gasteiger partial charge is 0.314 e. The molecule has 53 heavy (non-hydrogen) atoms. The second-order valence-corrected chi connectivity index (χ2v) is 16.1. The van der Waals surface area contributed by atoms with Gasteiger partial charge in [-0.3, -0.25) is 0 Å². The molecule has 10 rings (SSSR count). The highest BCUT2D eigenvalue weighted by Crippen LogP contribution is 2.54. The van der Waals surface area contributed by atoms with E-state index in [1.165, 1.54) is 95.0 Å². The van der Waals surface area contributed by atoms with E-state index in [0.29, 0.717) is 0 Å². The molecular formula is C52H43N. The number of hydrogen-bond donors (Lipinski definition) is 0. The van der Waals surface area contributed by atoms with E-state index in [4.69, 9.17) is 0 Å². The third kappa shape index (κ3) is 4.91. The summed E-state index contributed by atoms with van der Waals surface area (Å²) in [5, 5.41) is 0. The summed E-state index contributed by atoms with van der Waals surface area (Å²) in [7, 11) is 0. The zero-order valence-corrected chi connectivity index (χ0v) is 30.9. The molecule has 1 heteroatoms. The molecule has 0 fully saturated rings. The predicted octanol–water partition coefficient (Wildman–Crippen LogP) is 13.8. The van der Waals surface area contributed by atoms with Crippen molar-refractivity contribution < 1.29 is 0 Å². The molecule has 7 aromatic rings. The number of aryl methyl sites for hydroxylation is 1. The van der Waals surface area contributed by atoms with Crippen LogP contribution in [0.15, 0.2) is 163 Å². The van der Waals surface area contributed by atoms with Crippen LogP contribution in [0.3, 0.4) is 0 Å². The topological polar surface area (TPSA) is 3.24 Å². The minimum atomic E-state index is -0.0857. The molecule has 256 valence electrons. The van der Waals surface area contributed by atoms with Gasteiger partial charge in [-0.15, -0.1) is 0 Å². The van der Waals surface area contributed by atoms with Crippen molar-refractivity contribution in [2.45, 2.75) is 51.4 Å². The lowest BCUT2D eigenvalue weighted by molar-refractivity contribution is 0.656. The smallest absolute Gasteiger partial charge is 0.0470 e. The molecule has 0 amide bonds. The van der Waals surface area contributed by atoms with Crippen molar-refractivity contribution in [1.29, 1.82) is 0 Å². The molecule has 0 saturated heterocycles. The summed E-state index contributed by atoms with van der Waals surface area (Å²) in [6.45, 7) is 9.55. The van der Waals surface area contributed by atoms with Crippen molar-refractivity contribution in [2.24, 2.45) is 0 Å². The molecule has 3 aliphatic carbocycles. The van der Waals surface area contributed by atoms with Gasteiger partial charge in [-0.1, -0.05) is 155 Å². The molecule has 0 saturated carbocycles. The molecule has 0 bridgehead atoms. The van der Waals surface area contributed by atoms with Gasteiger partial charge in [0.1, 0.15) is 0 Å². The van der Waals surface area contributed by atoms with Crippen molar-refractivity contribution in [3.63, 3.8) is 0 Å². The summed E-state index contributed by atoms with van der Waals surface area (Å²) in [5.74, 6) is 0. The van der Waals surface area contributed by atoms with Gasteiger partial charge >= 0.3 is 0 Å². The standard InChI is InChI=1S/C52H43N/c1-51(2)47-21-13-12-20-43(47)46-33-40(26-28-49(46)51)53(41-30-37(34-15-7-5-8-16-34)29-38(31-41)35-17-9-6-10-18-35)39-25-23-36-24-27-44-42-19-11-14-22-48(42)52(3,4)50(44)45(36)32-39/h5-22,24,26-33H,23,25H2,1-4H3. The van der Waals surface area contributed by atoms with Gasteiger partial charge in [0.15, 0.2) is 0 Å². The first kappa shape index (κ1) is 31.8. The molecule has 7 aromatic carbocycles. The maximum absolute atomic E-state index is 2.57. The summed E-state index contributed by atoms with van der Waals surface area (Å²) < 4.78 is 0. The van der Waals surface area contributed by atoms with E-state index in [1.807, 2.05) is 0 Å². The van der Waals surface area contributed by atoms with Crippen molar-refractivity contribution in [3.05, 3.63) is 197 Å². The lowest BCUT2D eigenvalue weighted by atomic mass is 9.77. The van der Waals surface area contributed by atoms with Gasteiger partial charge in [-0.25, -0.2) is 0 Å².